The summed E-state index contributed by atoms with van der Waals surface area (Å²) in [6.07, 6.45) is 3.03. The Labute approximate surface area is 172 Å². The Kier molecular flexibility index (Phi) is 4.74. The van der Waals surface area contributed by atoms with E-state index in [-0.39, 0.29) is 22.9 Å². The molecule has 0 bridgehead atoms. The van der Waals surface area contributed by atoms with Crippen LogP contribution in [0.5, 0.6) is 0 Å². The maximum atomic E-state index is 12.7. The zero-order valence-electron chi connectivity index (χ0n) is 16.6. The number of aliphatic hydroxyl groups is 1. The molecule has 0 radical (unpaired) electrons. The highest BCUT2D eigenvalue weighted by Crippen LogP contribution is 2.43. The van der Waals surface area contributed by atoms with Gasteiger partial charge in [-0.1, -0.05) is 36.7 Å². The number of H-pyrrole nitrogens is 1. The van der Waals surface area contributed by atoms with E-state index in [0.717, 1.165) is 33.9 Å². The summed E-state index contributed by atoms with van der Waals surface area (Å²) in [4.78, 5) is 20.4. The van der Waals surface area contributed by atoms with Crippen molar-refractivity contribution < 1.29 is 5.11 Å². The van der Waals surface area contributed by atoms with Gasteiger partial charge in [-0.15, -0.1) is 0 Å². The van der Waals surface area contributed by atoms with Gasteiger partial charge in [0, 0.05) is 33.0 Å². The van der Waals surface area contributed by atoms with Gasteiger partial charge >= 0.3 is 0 Å². The van der Waals surface area contributed by atoms with Crippen LogP contribution in [0.25, 0.3) is 21.7 Å². The number of pyridine rings is 2. The fraction of sp³-hybridized carbons (Fsp3) is 0.455. The van der Waals surface area contributed by atoms with Gasteiger partial charge in [0.1, 0.15) is 5.82 Å². The minimum absolute atomic E-state index is 0.0445. The number of aliphatic hydroxyl groups excluding tert-OH is 1. The van der Waals surface area contributed by atoms with E-state index in [1.807, 2.05) is 18.2 Å². The van der Waals surface area contributed by atoms with Crippen molar-refractivity contribution in [3.63, 3.8) is 0 Å². The Morgan fingerprint density at radius 3 is 2.64 bits per heavy atom. The number of aromatic amines is 1. The number of nitrogens with one attached hydrogen (secondary N) is 2. The van der Waals surface area contributed by atoms with Crippen LogP contribution in [-0.2, 0) is 0 Å². The highest BCUT2D eigenvalue weighted by Gasteiger charge is 2.33. The van der Waals surface area contributed by atoms with Crippen molar-refractivity contribution in [1.29, 1.82) is 0 Å². The summed E-state index contributed by atoms with van der Waals surface area (Å²) in [6.45, 7) is 8.67. The second-order valence-corrected chi connectivity index (χ2v) is 9.88. The Morgan fingerprint density at radius 1 is 1.29 bits per heavy atom. The van der Waals surface area contributed by atoms with Crippen LogP contribution in [0.1, 0.15) is 52.2 Å². The third-order valence-corrected chi connectivity index (χ3v) is 6.36. The number of hydrogen-bond acceptors (Lipinski definition) is 4. The summed E-state index contributed by atoms with van der Waals surface area (Å²) in [5, 5.41) is 16.6. The summed E-state index contributed by atoms with van der Waals surface area (Å²) in [5.74, 6) is 0.992. The topological polar surface area (TPSA) is 78.0 Å². The molecule has 1 saturated carbocycles. The molecule has 4 rings (SSSR count). The van der Waals surface area contributed by atoms with Crippen molar-refractivity contribution >= 4 is 43.4 Å². The average molecular weight is 444 g/mol. The Hall–Kier alpha value is -1.92. The summed E-state index contributed by atoms with van der Waals surface area (Å²) in [7, 11) is 0. The van der Waals surface area contributed by atoms with E-state index < -0.39 is 6.10 Å². The van der Waals surface area contributed by atoms with E-state index in [4.69, 9.17) is 4.98 Å². The molecule has 2 unspecified atom stereocenters. The van der Waals surface area contributed by atoms with Crippen molar-refractivity contribution in [3.05, 3.63) is 44.8 Å². The number of benzene rings is 1. The molecule has 2 aromatic heterocycles. The van der Waals surface area contributed by atoms with Crippen LogP contribution >= 0.6 is 15.9 Å². The van der Waals surface area contributed by atoms with Gasteiger partial charge < -0.3 is 15.4 Å². The van der Waals surface area contributed by atoms with Crippen LogP contribution in [0.2, 0.25) is 0 Å². The molecular weight excluding hydrogens is 418 g/mol. The minimum atomic E-state index is -0.607. The van der Waals surface area contributed by atoms with Crippen LogP contribution in [0.4, 0.5) is 5.82 Å². The molecule has 2 heterocycles. The number of halogens is 1. The molecule has 6 heteroatoms. The van der Waals surface area contributed by atoms with E-state index in [0.29, 0.717) is 16.5 Å². The molecular formula is C22H26BrN3O2. The largest absolute Gasteiger partial charge is 0.388 e. The van der Waals surface area contributed by atoms with Crippen molar-refractivity contribution in [1.82, 2.24) is 9.97 Å². The van der Waals surface area contributed by atoms with Gasteiger partial charge in [-0.25, -0.2) is 4.98 Å². The molecule has 5 nitrogen and oxygen atoms in total. The third kappa shape index (κ3) is 3.44. The van der Waals surface area contributed by atoms with E-state index in [1.54, 1.807) is 6.20 Å². The first kappa shape index (κ1) is 19.4. The van der Waals surface area contributed by atoms with Crippen molar-refractivity contribution in [2.45, 2.75) is 52.7 Å². The molecule has 3 N–H and O–H groups in total. The van der Waals surface area contributed by atoms with Crippen LogP contribution in [0, 0.1) is 11.3 Å². The first-order valence-electron chi connectivity index (χ1n) is 9.76. The van der Waals surface area contributed by atoms with E-state index in [9.17, 15) is 9.90 Å². The molecule has 28 heavy (non-hydrogen) atoms. The van der Waals surface area contributed by atoms with E-state index in [1.165, 1.54) is 0 Å². The summed E-state index contributed by atoms with van der Waals surface area (Å²) < 4.78 is 0.898. The molecule has 148 valence electrons. The van der Waals surface area contributed by atoms with Gasteiger partial charge in [0.15, 0.2) is 0 Å². The lowest BCUT2D eigenvalue weighted by molar-refractivity contribution is 0.155. The predicted molar refractivity (Wildman–Crippen MR) is 118 cm³/mol. The SMILES string of the molecule is CC(Nc1nc2c(C(O)C3CC3)c[nH]c(=O)c2c2cc(Br)ccc12)C(C)(C)C. The molecule has 1 aromatic carbocycles. The molecule has 3 aromatic rings. The first-order chi connectivity index (χ1) is 13.2. The lowest BCUT2D eigenvalue weighted by atomic mass is 9.88. The Balaban J connectivity index is 2.02. The summed E-state index contributed by atoms with van der Waals surface area (Å²) in [6, 6.07) is 6.06. The maximum absolute atomic E-state index is 12.7. The number of fused-ring (bicyclic) bond motifs is 3. The zero-order chi connectivity index (χ0) is 20.2. The molecule has 0 amide bonds. The average Bonchev–Trinajstić information content (AvgIpc) is 3.45. The predicted octanol–water partition coefficient (Wildman–Crippen LogP) is 5.13. The smallest absolute Gasteiger partial charge is 0.258 e. The van der Waals surface area contributed by atoms with Crippen molar-refractivity contribution in [3.8, 4) is 0 Å². The number of nitrogens with zero attached hydrogens (tertiary/aromatic N) is 1. The monoisotopic (exact) mass is 443 g/mol. The fourth-order valence-corrected chi connectivity index (χ4v) is 3.79. The standard InChI is InChI=1S/C22H26BrN3O2/c1-11(22(2,3)4)25-20-14-8-7-13(23)9-15(14)17-18(26-20)16(10-24-21(17)28)19(27)12-5-6-12/h7-12,19,27H,5-6H2,1-4H3,(H,24,28)(H,25,26). The van der Waals surface area contributed by atoms with E-state index in [2.05, 4.69) is 53.9 Å². The van der Waals surface area contributed by atoms with Crippen LogP contribution < -0.4 is 10.9 Å². The number of aromatic nitrogens is 2. The van der Waals surface area contributed by atoms with Crippen molar-refractivity contribution in [2.24, 2.45) is 11.3 Å². The Bertz CT molecular complexity index is 1110. The number of anilines is 1. The third-order valence-electron chi connectivity index (χ3n) is 5.87. The second-order valence-electron chi connectivity index (χ2n) is 8.96. The summed E-state index contributed by atoms with van der Waals surface area (Å²) in [5.41, 5.74) is 1.14. The van der Waals surface area contributed by atoms with Gasteiger partial charge in [-0.3, -0.25) is 4.79 Å². The maximum Gasteiger partial charge on any atom is 0.258 e. The fourth-order valence-electron chi connectivity index (χ4n) is 3.43. The van der Waals surface area contributed by atoms with Gasteiger partial charge in [-0.2, -0.15) is 0 Å². The number of rotatable bonds is 4. The number of hydrogen-bond donors (Lipinski definition) is 3. The van der Waals surface area contributed by atoms with Crippen LogP contribution in [0.15, 0.2) is 33.7 Å². The molecule has 0 spiro atoms. The highest BCUT2D eigenvalue weighted by molar-refractivity contribution is 9.10. The summed E-state index contributed by atoms with van der Waals surface area (Å²) >= 11 is 3.53. The van der Waals surface area contributed by atoms with Crippen molar-refractivity contribution in [2.75, 3.05) is 5.32 Å². The minimum Gasteiger partial charge on any atom is -0.388 e. The zero-order valence-corrected chi connectivity index (χ0v) is 18.2. The molecule has 1 fully saturated rings. The second kappa shape index (κ2) is 6.85. The molecule has 0 saturated heterocycles. The normalized spacial score (nSPS) is 17.1. The van der Waals surface area contributed by atoms with Gasteiger partial charge in [0.25, 0.3) is 5.56 Å². The molecule has 1 aliphatic carbocycles. The lowest BCUT2D eigenvalue weighted by Crippen LogP contribution is -2.31. The van der Waals surface area contributed by atoms with Crippen LogP contribution in [0.3, 0.4) is 0 Å². The van der Waals surface area contributed by atoms with Gasteiger partial charge in [-0.05, 0) is 49.3 Å². The molecule has 1 aliphatic rings. The Morgan fingerprint density at radius 2 is 2.00 bits per heavy atom. The highest BCUT2D eigenvalue weighted by atomic mass is 79.9. The molecule has 2 atom stereocenters. The lowest BCUT2D eigenvalue weighted by Gasteiger charge is -2.29. The van der Waals surface area contributed by atoms with Gasteiger partial charge in [0.05, 0.1) is 17.0 Å². The van der Waals surface area contributed by atoms with Crippen LogP contribution in [-0.4, -0.2) is 21.1 Å². The van der Waals surface area contributed by atoms with E-state index >= 15 is 0 Å². The van der Waals surface area contributed by atoms with Gasteiger partial charge in [0.2, 0.25) is 0 Å². The quantitative estimate of drug-likeness (QED) is 0.488. The molecule has 0 aliphatic heterocycles. The first-order valence-corrected chi connectivity index (χ1v) is 10.6.